The molecule has 134 valence electrons. The molecule has 0 saturated heterocycles. The minimum absolute atomic E-state index is 0.156. The zero-order valence-electron chi connectivity index (χ0n) is 14.6. The van der Waals surface area contributed by atoms with E-state index in [0.29, 0.717) is 12.0 Å². The number of nitrogens with one attached hydrogen (secondary N) is 1. The van der Waals surface area contributed by atoms with E-state index in [1.165, 1.54) is 19.2 Å². The van der Waals surface area contributed by atoms with Gasteiger partial charge in [-0.3, -0.25) is 15.0 Å². The summed E-state index contributed by atoms with van der Waals surface area (Å²) >= 11 is 0. The number of carbonyl (C=O) groups is 1. The molecule has 8 heteroatoms. The molecule has 1 aromatic rings. The number of rotatable bonds is 7. The lowest BCUT2D eigenvalue weighted by Gasteiger charge is -2.22. The van der Waals surface area contributed by atoms with E-state index < -0.39 is 22.7 Å². The molecule has 1 rings (SSSR count). The van der Waals surface area contributed by atoms with E-state index in [2.05, 4.69) is 5.48 Å². The third kappa shape index (κ3) is 6.04. The highest BCUT2D eigenvalue weighted by atomic mass is 16.7. The van der Waals surface area contributed by atoms with Crippen molar-refractivity contribution in [3.63, 3.8) is 0 Å². The predicted molar refractivity (Wildman–Crippen MR) is 87.8 cm³/mol. The molecular formula is C16H24N2O6. The van der Waals surface area contributed by atoms with Gasteiger partial charge >= 0.3 is 11.8 Å². The lowest BCUT2D eigenvalue weighted by molar-refractivity contribution is -0.385. The maximum absolute atomic E-state index is 11.7. The minimum atomic E-state index is -0.716. The van der Waals surface area contributed by atoms with Gasteiger partial charge in [-0.05, 0) is 38.8 Å². The molecule has 0 aliphatic carbocycles. The largest absolute Gasteiger partial charge is 0.490 e. The van der Waals surface area contributed by atoms with Crippen LogP contribution < -0.4 is 10.2 Å². The van der Waals surface area contributed by atoms with Crippen LogP contribution in [0.2, 0.25) is 0 Å². The van der Waals surface area contributed by atoms with Crippen LogP contribution in [-0.2, 0) is 9.57 Å². The molecule has 8 nitrogen and oxygen atoms in total. The maximum atomic E-state index is 11.7. The van der Waals surface area contributed by atoms with Crippen LogP contribution in [0.3, 0.4) is 0 Å². The normalized spacial score (nSPS) is 12.4. The first kappa shape index (κ1) is 19.7. The van der Waals surface area contributed by atoms with Crippen molar-refractivity contribution in [1.82, 2.24) is 5.48 Å². The first-order valence-corrected chi connectivity index (χ1v) is 7.65. The highest BCUT2D eigenvalue weighted by Gasteiger charge is 2.22. The van der Waals surface area contributed by atoms with Gasteiger partial charge in [0.1, 0.15) is 11.7 Å². The number of hydrogen-bond acceptors (Lipinski definition) is 6. The van der Waals surface area contributed by atoms with Gasteiger partial charge in [-0.25, -0.2) is 4.79 Å². The second-order valence-corrected chi connectivity index (χ2v) is 6.19. The Morgan fingerprint density at radius 2 is 2.04 bits per heavy atom. The number of nitro groups is 1. The van der Waals surface area contributed by atoms with Gasteiger partial charge < -0.3 is 9.47 Å². The molecule has 0 radical (unpaired) electrons. The van der Waals surface area contributed by atoms with Gasteiger partial charge in [0, 0.05) is 6.07 Å². The summed E-state index contributed by atoms with van der Waals surface area (Å²) < 4.78 is 10.1. The summed E-state index contributed by atoms with van der Waals surface area (Å²) in [4.78, 5) is 27.7. The molecular weight excluding hydrogens is 316 g/mol. The van der Waals surface area contributed by atoms with E-state index in [1.807, 2.05) is 6.92 Å². The summed E-state index contributed by atoms with van der Waals surface area (Å²) in [7, 11) is 1.37. The summed E-state index contributed by atoms with van der Waals surface area (Å²) in [5, 5.41) is 11.1. The Morgan fingerprint density at radius 3 is 2.54 bits per heavy atom. The highest BCUT2D eigenvalue weighted by molar-refractivity contribution is 5.66. The van der Waals surface area contributed by atoms with Crippen molar-refractivity contribution in [2.45, 2.75) is 52.2 Å². The van der Waals surface area contributed by atoms with Crippen molar-refractivity contribution < 1.29 is 24.0 Å². The second kappa shape index (κ2) is 8.49. The number of hydrogen-bond donors (Lipinski definition) is 1. The summed E-state index contributed by atoms with van der Waals surface area (Å²) in [6.07, 6.45) is 0.0819. The van der Waals surface area contributed by atoms with Crippen molar-refractivity contribution in [3.8, 4) is 5.75 Å². The number of amides is 1. The standard InChI is InChI=1S/C16H24N2O6/c1-6-7-13(24-17-15(19)23-16(2,3)4)11-8-9-14(22-5)12(10-11)18(20)21/h8-10,13H,6-7H2,1-5H3,(H,17,19). The number of nitro benzene ring substituents is 1. The van der Waals surface area contributed by atoms with E-state index in [1.54, 1.807) is 26.8 Å². The number of benzene rings is 1. The molecule has 0 fully saturated rings. The van der Waals surface area contributed by atoms with Gasteiger partial charge in [0.25, 0.3) is 0 Å². The van der Waals surface area contributed by atoms with Crippen molar-refractivity contribution in [3.05, 3.63) is 33.9 Å². The fourth-order valence-electron chi connectivity index (χ4n) is 2.02. The molecule has 1 atom stereocenters. The molecule has 1 unspecified atom stereocenters. The molecule has 24 heavy (non-hydrogen) atoms. The van der Waals surface area contributed by atoms with Crippen LogP contribution in [0.15, 0.2) is 18.2 Å². The average molecular weight is 340 g/mol. The smallest absolute Gasteiger partial charge is 0.431 e. The Hall–Kier alpha value is -2.35. The lowest BCUT2D eigenvalue weighted by atomic mass is 10.0. The quantitative estimate of drug-likeness (QED) is 0.597. The van der Waals surface area contributed by atoms with Gasteiger partial charge in [0.2, 0.25) is 0 Å². The first-order valence-electron chi connectivity index (χ1n) is 7.65. The first-order chi connectivity index (χ1) is 11.2. The van der Waals surface area contributed by atoms with E-state index in [-0.39, 0.29) is 11.4 Å². The van der Waals surface area contributed by atoms with Crippen LogP contribution in [-0.4, -0.2) is 23.7 Å². The fourth-order valence-corrected chi connectivity index (χ4v) is 2.02. The number of carbonyl (C=O) groups excluding carboxylic acids is 1. The van der Waals surface area contributed by atoms with Gasteiger partial charge in [0.05, 0.1) is 12.0 Å². The van der Waals surface area contributed by atoms with Crippen molar-refractivity contribution in [1.29, 1.82) is 0 Å². The fraction of sp³-hybridized carbons (Fsp3) is 0.562. The van der Waals surface area contributed by atoms with Crippen molar-refractivity contribution >= 4 is 11.8 Å². The lowest BCUT2D eigenvalue weighted by Crippen LogP contribution is -2.33. The molecule has 0 saturated carbocycles. The third-order valence-corrected chi connectivity index (χ3v) is 3.01. The molecule has 0 aromatic heterocycles. The molecule has 0 aliphatic heterocycles. The average Bonchev–Trinajstić information content (AvgIpc) is 2.49. The summed E-state index contributed by atoms with van der Waals surface area (Å²) in [6, 6.07) is 4.56. The Labute approximate surface area is 141 Å². The topological polar surface area (TPSA) is 99.9 Å². The van der Waals surface area contributed by atoms with Crippen LogP contribution in [0.5, 0.6) is 5.75 Å². The van der Waals surface area contributed by atoms with Crippen LogP contribution >= 0.6 is 0 Å². The SMILES string of the molecule is CCCC(ONC(=O)OC(C)(C)C)c1ccc(OC)c([N+](=O)[O-])c1. The summed E-state index contributed by atoms with van der Waals surface area (Å²) in [5.41, 5.74) is 2.01. The summed E-state index contributed by atoms with van der Waals surface area (Å²) in [6.45, 7) is 7.16. The molecule has 1 amide bonds. The monoisotopic (exact) mass is 340 g/mol. The van der Waals surface area contributed by atoms with Crippen molar-refractivity contribution in [2.24, 2.45) is 0 Å². The Bertz CT molecular complexity index is 582. The zero-order valence-corrected chi connectivity index (χ0v) is 14.6. The van der Waals surface area contributed by atoms with Crippen LogP contribution in [0.25, 0.3) is 0 Å². The number of hydroxylamine groups is 1. The Kier molecular flexibility index (Phi) is 6.97. The van der Waals surface area contributed by atoms with Gasteiger partial charge in [-0.1, -0.05) is 19.4 Å². The van der Waals surface area contributed by atoms with Crippen molar-refractivity contribution in [2.75, 3.05) is 7.11 Å². The van der Waals surface area contributed by atoms with Crippen LogP contribution in [0.1, 0.15) is 52.2 Å². The second-order valence-electron chi connectivity index (χ2n) is 6.19. The van der Waals surface area contributed by atoms with Gasteiger partial charge in [-0.15, -0.1) is 0 Å². The van der Waals surface area contributed by atoms with E-state index in [4.69, 9.17) is 14.3 Å². The molecule has 1 N–H and O–H groups in total. The van der Waals surface area contributed by atoms with Crippen LogP contribution in [0, 0.1) is 10.1 Å². The van der Waals surface area contributed by atoms with E-state index in [0.717, 1.165) is 6.42 Å². The maximum Gasteiger partial charge on any atom is 0.431 e. The predicted octanol–water partition coefficient (Wildman–Crippen LogP) is 3.90. The molecule has 0 heterocycles. The van der Waals surface area contributed by atoms with Gasteiger partial charge in [0.15, 0.2) is 5.75 Å². The molecule has 0 spiro atoms. The Morgan fingerprint density at radius 1 is 1.38 bits per heavy atom. The Balaban J connectivity index is 2.90. The van der Waals surface area contributed by atoms with Crippen LogP contribution in [0.4, 0.5) is 10.5 Å². The van der Waals surface area contributed by atoms with E-state index in [9.17, 15) is 14.9 Å². The molecule has 0 aliphatic rings. The third-order valence-electron chi connectivity index (χ3n) is 3.01. The van der Waals surface area contributed by atoms with E-state index >= 15 is 0 Å². The highest BCUT2D eigenvalue weighted by Crippen LogP contribution is 2.32. The number of methoxy groups -OCH3 is 1. The number of ether oxygens (including phenoxy) is 2. The molecule has 1 aromatic carbocycles. The number of nitrogens with zero attached hydrogens (tertiary/aromatic N) is 1. The summed E-state index contributed by atoms with van der Waals surface area (Å²) in [5.74, 6) is 0.166. The zero-order chi connectivity index (χ0) is 18.3. The van der Waals surface area contributed by atoms with Gasteiger partial charge in [-0.2, -0.15) is 5.48 Å². The minimum Gasteiger partial charge on any atom is -0.490 e. The molecule has 0 bridgehead atoms.